The van der Waals surface area contributed by atoms with Crippen LogP contribution in [0.3, 0.4) is 0 Å². The maximum absolute atomic E-state index is 11.6. The largest absolute Gasteiger partial charge is 0.481 e. The van der Waals surface area contributed by atoms with Gasteiger partial charge < -0.3 is 10.4 Å². The van der Waals surface area contributed by atoms with Crippen molar-refractivity contribution in [3.05, 3.63) is 0 Å². The Bertz CT molecular complexity index is 291. The molecule has 1 saturated heterocycles. The van der Waals surface area contributed by atoms with Crippen LogP contribution in [-0.2, 0) is 9.59 Å². The molecule has 0 unspecified atom stereocenters. The number of carboxylic acid groups (broad SMARTS) is 1. The molecular weight excluding hydrogens is 220 g/mol. The van der Waals surface area contributed by atoms with Crippen LogP contribution in [0, 0.1) is 17.8 Å². The van der Waals surface area contributed by atoms with Crippen LogP contribution >= 0.6 is 0 Å². The summed E-state index contributed by atoms with van der Waals surface area (Å²) >= 11 is 0. The van der Waals surface area contributed by atoms with E-state index in [0.29, 0.717) is 32.1 Å². The monoisotopic (exact) mass is 242 g/mol. The van der Waals surface area contributed by atoms with Crippen molar-refractivity contribution in [2.75, 3.05) is 26.2 Å². The summed E-state index contributed by atoms with van der Waals surface area (Å²) in [4.78, 5) is 24.4. The Morgan fingerprint density at radius 3 is 2.53 bits per heavy atom. The van der Waals surface area contributed by atoms with E-state index in [2.05, 4.69) is 5.32 Å². The van der Waals surface area contributed by atoms with Crippen molar-refractivity contribution in [3.63, 3.8) is 0 Å². The molecule has 1 amide bonds. The van der Waals surface area contributed by atoms with Crippen LogP contribution in [0.25, 0.3) is 0 Å². The molecule has 0 spiro atoms. The van der Waals surface area contributed by atoms with Crippen molar-refractivity contribution in [3.8, 4) is 0 Å². The lowest BCUT2D eigenvalue weighted by atomic mass is 9.99. The van der Waals surface area contributed by atoms with Gasteiger partial charge in [-0.15, -0.1) is 0 Å². The first-order valence-corrected chi connectivity index (χ1v) is 6.12. The first-order valence-electron chi connectivity index (χ1n) is 6.12. The minimum absolute atomic E-state index is 0.0167. The molecule has 0 bridgehead atoms. The van der Waals surface area contributed by atoms with Crippen molar-refractivity contribution in [1.29, 1.82) is 0 Å². The minimum Gasteiger partial charge on any atom is -0.481 e. The zero-order valence-electron chi connectivity index (χ0n) is 10.8. The van der Waals surface area contributed by atoms with Crippen molar-refractivity contribution in [2.45, 2.75) is 20.8 Å². The van der Waals surface area contributed by atoms with Gasteiger partial charge in [-0.1, -0.05) is 20.8 Å². The maximum Gasteiger partial charge on any atom is 0.308 e. The quantitative estimate of drug-likeness (QED) is 0.732. The van der Waals surface area contributed by atoms with Gasteiger partial charge in [0.15, 0.2) is 0 Å². The number of carbonyl (C=O) groups excluding carboxylic acids is 1. The third-order valence-electron chi connectivity index (χ3n) is 3.08. The molecule has 1 rings (SSSR count). The Labute approximate surface area is 102 Å². The molecule has 1 aliphatic heterocycles. The van der Waals surface area contributed by atoms with Crippen LogP contribution in [-0.4, -0.2) is 48.1 Å². The molecular formula is C12H22N2O3. The summed E-state index contributed by atoms with van der Waals surface area (Å²) in [5, 5.41) is 11.8. The SMILES string of the molecule is CC(C)CNC(=O)CN1C[C@@H](C)[C@H](C(=O)O)C1. The van der Waals surface area contributed by atoms with Crippen LogP contribution in [0.4, 0.5) is 0 Å². The number of hydrogen-bond acceptors (Lipinski definition) is 3. The number of hydrogen-bond donors (Lipinski definition) is 2. The highest BCUT2D eigenvalue weighted by molar-refractivity contribution is 5.78. The second kappa shape index (κ2) is 6.00. The molecule has 2 atom stereocenters. The second-order valence-electron chi connectivity index (χ2n) is 5.31. The van der Waals surface area contributed by atoms with Gasteiger partial charge in [-0.25, -0.2) is 0 Å². The zero-order chi connectivity index (χ0) is 13.0. The van der Waals surface area contributed by atoms with Crippen molar-refractivity contribution in [1.82, 2.24) is 10.2 Å². The lowest BCUT2D eigenvalue weighted by molar-refractivity contribution is -0.142. The molecule has 0 aromatic carbocycles. The molecule has 2 N–H and O–H groups in total. The van der Waals surface area contributed by atoms with Crippen LogP contribution in [0.15, 0.2) is 0 Å². The zero-order valence-corrected chi connectivity index (χ0v) is 10.8. The fourth-order valence-electron chi connectivity index (χ4n) is 2.09. The van der Waals surface area contributed by atoms with Gasteiger partial charge in [0.05, 0.1) is 12.5 Å². The predicted molar refractivity (Wildman–Crippen MR) is 64.6 cm³/mol. The van der Waals surface area contributed by atoms with Gasteiger partial charge in [0, 0.05) is 19.6 Å². The molecule has 1 heterocycles. The smallest absolute Gasteiger partial charge is 0.308 e. The summed E-state index contributed by atoms with van der Waals surface area (Å²) in [7, 11) is 0. The third kappa shape index (κ3) is 4.34. The van der Waals surface area contributed by atoms with Crippen molar-refractivity contribution < 1.29 is 14.7 Å². The molecule has 98 valence electrons. The van der Waals surface area contributed by atoms with E-state index in [4.69, 9.17) is 5.11 Å². The summed E-state index contributed by atoms with van der Waals surface area (Å²) in [6.45, 7) is 8.14. The average Bonchev–Trinajstić information content (AvgIpc) is 2.56. The van der Waals surface area contributed by atoms with E-state index >= 15 is 0 Å². The number of carbonyl (C=O) groups is 2. The summed E-state index contributed by atoms with van der Waals surface area (Å²) in [6.07, 6.45) is 0. The van der Waals surface area contributed by atoms with Crippen molar-refractivity contribution >= 4 is 11.9 Å². The van der Waals surface area contributed by atoms with Gasteiger partial charge in [0.1, 0.15) is 0 Å². The first-order chi connectivity index (χ1) is 7.90. The van der Waals surface area contributed by atoms with E-state index in [0.717, 1.165) is 0 Å². The predicted octanol–water partition coefficient (Wildman–Crippen LogP) is 0.411. The number of amides is 1. The number of aliphatic carboxylic acids is 1. The van der Waals surface area contributed by atoms with Crippen LogP contribution in [0.5, 0.6) is 0 Å². The first kappa shape index (κ1) is 14.0. The minimum atomic E-state index is -0.761. The highest BCUT2D eigenvalue weighted by atomic mass is 16.4. The highest BCUT2D eigenvalue weighted by Crippen LogP contribution is 2.22. The Morgan fingerprint density at radius 2 is 2.06 bits per heavy atom. The number of nitrogens with one attached hydrogen (secondary N) is 1. The molecule has 0 saturated carbocycles. The topological polar surface area (TPSA) is 69.6 Å². The highest BCUT2D eigenvalue weighted by Gasteiger charge is 2.35. The van der Waals surface area contributed by atoms with Crippen LogP contribution in [0.2, 0.25) is 0 Å². The van der Waals surface area contributed by atoms with Gasteiger partial charge >= 0.3 is 5.97 Å². The average molecular weight is 242 g/mol. The van der Waals surface area contributed by atoms with E-state index in [9.17, 15) is 9.59 Å². The summed E-state index contributed by atoms with van der Waals surface area (Å²) < 4.78 is 0. The Balaban J connectivity index is 2.34. The molecule has 0 radical (unpaired) electrons. The molecule has 1 fully saturated rings. The maximum atomic E-state index is 11.6. The third-order valence-corrected chi connectivity index (χ3v) is 3.08. The normalized spacial score (nSPS) is 25.2. The van der Waals surface area contributed by atoms with E-state index in [1.54, 1.807) is 0 Å². The van der Waals surface area contributed by atoms with E-state index in [1.165, 1.54) is 0 Å². The van der Waals surface area contributed by atoms with Gasteiger partial charge in [0.2, 0.25) is 5.91 Å². The van der Waals surface area contributed by atoms with Gasteiger partial charge in [-0.2, -0.15) is 0 Å². The number of rotatable bonds is 5. The summed E-state index contributed by atoms with van der Waals surface area (Å²) in [5.74, 6) is -0.568. The number of carboxylic acids is 1. The Kier molecular flexibility index (Phi) is 4.93. The van der Waals surface area contributed by atoms with E-state index < -0.39 is 5.97 Å². The molecule has 5 nitrogen and oxygen atoms in total. The van der Waals surface area contributed by atoms with Gasteiger partial charge in [-0.05, 0) is 11.8 Å². The molecule has 0 aliphatic carbocycles. The number of nitrogens with zero attached hydrogens (tertiary/aromatic N) is 1. The molecule has 5 heteroatoms. The van der Waals surface area contributed by atoms with Crippen LogP contribution in [0.1, 0.15) is 20.8 Å². The second-order valence-corrected chi connectivity index (χ2v) is 5.31. The number of likely N-dealkylation sites (tertiary alicyclic amines) is 1. The summed E-state index contributed by atoms with van der Waals surface area (Å²) in [6, 6.07) is 0. The molecule has 0 aromatic rings. The fraction of sp³-hybridized carbons (Fsp3) is 0.833. The Hall–Kier alpha value is -1.10. The van der Waals surface area contributed by atoms with Crippen LogP contribution < -0.4 is 5.32 Å². The summed E-state index contributed by atoms with van der Waals surface area (Å²) in [5.41, 5.74) is 0. The van der Waals surface area contributed by atoms with E-state index in [-0.39, 0.29) is 17.7 Å². The molecule has 0 aromatic heterocycles. The molecule has 1 aliphatic rings. The Morgan fingerprint density at radius 1 is 1.41 bits per heavy atom. The lowest BCUT2D eigenvalue weighted by Crippen LogP contribution is -2.38. The standard InChI is InChI=1S/C12H22N2O3/c1-8(2)4-13-11(15)7-14-5-9(3)10(6-14)12(16)17/h8-10H,4-7H2,1-3H3,(H,13,15)(H,16,17)/t9-,10-/m1/s1. The fourth-order valence-corrected chi connectivity index (χ4v) is 2.09. The lowest BCUT2D eigenvalue weighted by Gasteiger charge is -2.15. The molecule has 17 heavy (non-hydrogen) atoms. The van der Waals surface area contributed by atoms with Gasteiger partial charge in [0.25, 0.3) is 0 Å². The van der Waals surface area contributed by atoms with E-state index in [1.807, 2.05) is 25.7 Å². The van der Waals surface area contributed by atoms with Gasteiger partial charge in [-0.3, -0.25) is 14.5 Å². The van der Waals surface area contributed by atoms with Crippen molar-refractivity contribution in [2.24, 2.45) is 17.8 Å².